The normalized spacial score (nSPS) is 14.5. The molecule has 1 N–H and O–H groups in total. The molecule has 0 aliphatic carbocycles. The minimum absolute atomic E-state index is 0.205. The fourth-order valence-corrected chi connectivity index (χ4v) is 8.58. The van der Waals surface area contributed by atoms with Crippen LogP contribution in [0.25, 0.3) is 0 Å². The van der Waals surface area contributed by atoms with Crippen LogP contribution in [0.15, 0.2) is 73.3 Å². The van der Waals surface area contributed by atoms with E-state index in [0.717, 1.165) is 10.4 Å². The smallest absolute Gasteiger partial charge is 0.326 e. The monoisotopic (exact) mass is 439 g/mol. The zero-order valence-electron chi connectivity index (χ0n) is 19.9. The molecule has 0 aromatic heterocycles. The molecule has 0 unspecified atom stereocenters. The lowest BCUT2D eigenvalue weighted by Gasteiger charge is -2.45. The van der Waals surface area contributed by atoms with Gasteiger partial charge in [0.15, 0.2) is 0 Å². The van der Waals surface area contributed by atoms with Gasteiger partial charge in [-0.15, -0.1) is 6.58 Å². The molecule has 0 aliphatic heterocycles. The number of nitrogens with one attached hydrogen (secondary N) is 1. The molecule has 0 heterocycles. The molecule has 2 rings (SSSR count). The first-order chi connectivity index (χ1) is 14.5. The molecule has 0 radical (unpaired) electrons. The lowest BCUT2D eigenvalue weighted by molar-refractivity contribution is -0.159. The van der Waals surface area contributed by atoms with Crippen molar-refractivity contribution in [2.45, 2.75) is 64.3 Å². The van der Waals surface area contributed by atoms with Crippen molar-refractivity contribution in [1.29, 1.82) is 0 Å². The van der Waals surface area contributed by atoms with Gasteiger partial charge in [0, 0.05) is 0 Å². The Labute approximate surface area is 188 Å². The van der Waals surface area contributed by atoms with Gasteiger partial charge in [-0.2, -0.15) is 0 Å². The van der Waals surface area contributed by atoms with Gasteiger partial charge in [0.1, 0.15) is 11.6 Å². The molecule has 0 saturated carbocycles. The highest BCUT2D eigenvalue weighted by Crippen LogP contribution is 2.38. The van der Waals surface area contributed by atoms with Crippen molar-refractivity contribution in [3.8, 4) is 0 Å². The second-order valence-corrected chi connectivity index (χ2v) is 14.0. The van der Waals surface area contributed by atoms with Gasteiger partial charge < -0.3 is 14.5 Å². The summed E-state index contributed by atoms with van der Waals surface area (Å²) in [5.41, 5.74) is -0.588. The number of likely N-dealkylation sites (N-methyl/N-ethyl adjacent to an activating group) is 1. The molecule has 168 valence electrons. The van der Waals surface area contributed by atoms with Crippen LogP contribution in [-0.4, -0.2) is 39.1 Å². The van der Waals surface area contributed by atoms with Gasteiger partial charge >= 0.3 is 5.97 Å². The minimum Gasteiger partial charge on any atom is -0.459 e. The number of hydrogen-bond donors (Lipinski definition) is 1. The van der Waals surface area contributed by atoms with Crippen LogP contribution in [0, 0.1) is 0 Å². The fourth-order valence-electron chi connectivity index (χ4n) is 3.93. The maximum absolute atomic E-state index is 13.0. The minimum atomic E-state index is -2.84. The van der Waals surface area contributed by atoms with E-state index < -0.39 is 26.1 Å². The van der Waals surface area contributed by atoms with E-state index in [4.69, 9.17) is 9.16 Å². The van der Waals surface area contributed by atoms with Crippen molar-refractivity contribution in [2.24, 2.45) is 0 Å². The van der Waals surface area contributed by atoms with Gasteiger partial charge in [-0.25, -0.2) is 0 Å². The summed E-state index contributed by atoms with van der Waals surface area (Å²) in [4.78, 5) is 13.0. The molecular formula is C26H37NO3Si. The Morgan fingerprint density at radius 3 is 1.71 bits per heavy atom. The third kappa shape index (κ3) is 5.73. The van der Waals surface area contributed by atoms with Crippen LogP contribution in [0.4, 0.5) is 0 Å². The summed E-state index contributed by atoms with van der Waals surface area (Å²) in [5.74, 6) is -0.349. The van der Waals surface area contributed by atoms with Crippen LogP contribution >= 0.6 is 0 Å². The summed E-state index contributed by atoms with van der Waals surface area (Å²) in [6.07, 6.45) is 1.15. The number of hydrogen-bond acceptors (Lipinski definition) is 4. The van der Waals surface area contributed by atoms with Gasteiger partial charge in [0.2, 0.25) is 0 Å². The van der Waals surface area contributed by atoms with Crippen LogP contribution in [0.2, 0.25) is 5.04 Å². The fraction of sp³-hybridized carbons (Fsp3) is 0.423. The van der Waals surface area contributed by atoms with Crippen LogP contribution in [0.1, 0.15) is 41.5 Å². The maximum atomic E-state index is 13.0. The molecule has 0 bridgehead atoms. The second kappa shape index (κ2) is 9.94. The second-order valence-electron chi connectivity index (χ2n) is 9.78. The summed E-state index contributed by atoms with van der Waals surface area (Å²) in [7, 11) is -1.09. The number of benzene rings is 2. The zero-order chi connectivity index (χ0) is 23.3. The van der Waals surface area contributed by atoms with Crippen molar-refractivity contribution in [3.63, 3.8) is 0 Å². The number of rotatable bonds is 8. The van der Waals surface area contributed by atoms with Crippen LogP contribution in [-0.2, 0) is 14.0 Å². The third-order valence-electron chi connectivity index (χ3n) is 5.26. The molecule has 0 spiro atoms. The van der Waals surface area contributed by atoms with E-state index in [2.05, 4.69) is 56.9 Å². The van der Waals surface area contributed by atoms with Gasteiger partial charge in [-0.05, 0) is 43.2 Å². The van der Waals surface area contributed by atoms with E-state index in [1.807, 2.05) is 57.2 Å². The molecule has 2 aromatic carbocycles. The number of ether oxygens (including phenoxy) is 1. The SMILES string of the molecule is C=C[C@H](O[Si](c1ccccc1)(c1ccccc1)C(C)(C)C)[C@H](NC)C(=O)OC(C)(C)C. The van der Waals surface area contributed by atoms with Gasteiger partial charge in [0.25, 0.3) is 8.32 Å². The lowest BCUT2D eigenvalue weighted by Crippen LogP contribution is -2.69. The van der Waals surface area contributed by atoms with E-state index in [1.54, 1.807) is 13.1 Å². The summed E-state index contributed by atoms with van der Waals surface area (Å²) in [6, 6.07) is 20.1. The molecule has 4 nitrogen and oxygen atoms in total. The van der Waals surface area contributed by atoms with E-state index in [-0.39, 0.29) is 11.0 Å². The highest BCUT2D eigenvalue weighted by atomic mass is 28.4. The summed E-state index contributed by atoms with van der Waals surface area (Å²) < 4.78 is 12.7. The Balaban J connectivity index is 2.63. The molecule has 2 atom stereocenters. The zero-order valence-corrected chi connectivity index (χ0v) is 20.9. The molecule has 0 saturated heterocycles. The first-order valence-corrected chi connectivity index (χ1v) is 12.7. The number of esters is 1. The summed E-state index contributed by atoms with van der Waals surface area (Å²) >= 11 is 0. The average molecular weight is 440 g/mol. The standard InChI is InChI=1S/C26H37NO3Si/c1-9-22(23(27-8)24(28)29-25(2,3)4)30-31(26(5,6)7,20-16-12-10-13-17-20)21-18-14-11-15-19-21/h9-19,22-23,27H,1H2,2-8H3/t22-,23-/m0/s1. The first-order valence-electron chi connectivity index (χ1n) is 10.8. The first kappa shape index (κ1) is 25.1. The van der Waals surface area contributed by atoms with Gasteiger partial charge in [-0.1, -0.05) is 87.5 Å². The molecular weight excluding hydrogens is 402 g/mol. The Bertz CT molecular complexity index is 814. The van der Waals surface area contributed by atoms with Gasteiger partial charge in [0.05, 0.1) is 6.10 Å². The van der Waals surface area contributed by atoms with Crippen LogP contribution < -0.4 is 15.7 Å². The van der Waals surface area contributed by atoms with Crippen molar-refractivity contribution in [3.05, 3.63) is 73.3 Å². The molecule has 31 heavy (non-hydrogen) atoms. The van der Waals surface area contributed by atoms with Crippen molar-refractivity contribution in [1.82, 2.24) is 5.32 Å². The molecule has 0 amide bonds. The van der Waals surface area contributed by atoms with Crippen LogP contribution in [0.5, 0.6) is 0 Å². The summed E-state index contributed by atoms with van der Waals surface area (Å²) in [6.45, 7) is 16.2. The van der Waals surface area contributed by atoms with E-state index in [9.17, 15) is 4.79 Å². The van der Waals surface area contributed by atoms with Crippen molar-refractivity contribution in [2.75, 3.05) is 7.05 Å². The third-order valence-corrected chi connectivity index (χ3v) is 10.3. The largest absolute Gasteiger partial charge is 0.459 e. The Kier molecular flexibility index (Phi) is 8.03. The van der Waals surface area contributed by atoms with Crippen molar-refractivity contribution >= 4 is 24.7 Å². The predicted octanol–water partition coefficient (Wildman–Crippen LogP) is 4.05. The van der Waals surface area contributed by atoms with Crippen molar-refractivity contribution < 1.29 is 14.0 Å². The molecule has 5 heteroatoms. The average Bonchev–Trinajstić information content (AvgIpc) is 2.70. The molecule has 0 aliphatic rings. The number of carbonyl (C=O) groups excluding carboxylic acids is 1. The highest BCUT2D eigenvalue weighted by Gasteiger charge is 2.52. The number of carbonyl (C=O) groups is 1. The Morgan fingerprint density at radius 1 is 0.935 bits per heavy atom. The Morgan fingerprint density at radius 2 is 1.39 bits per heavy atom. The van der Waals surface area contributed by atoms with Crippen LogP contribution in [0.3, 0.4) is 0 Å². The predicted molar refractivity (Wildman–Crippen MR) is 131 cm³/mol. The Hall–Kier alpha value is -2.21. The topological polar surface area (TPSA) is 47.6 Å². The highest BCUT2D eigenvalue weighted by molar-refractivity contribution is 6.99. The molecule has 0 fully saturated rings. The van der Waals surface area contributed by atoms with Gasteiger partial charge in [-0.3, -0.25) is 4.79 Å². The quantitative estimate of drug-likeness (QED) is 0.383. The van der Waals surface area contributed by atoms with E-state index >= 15 is 0 Å². The lowest BCUT2D eigenvalue weighted by atomic mass is 10.1. The van der Waals surface area contributed by atoms with E-state index in [0.29, 0.717) is 0 Å². The summed E-state index contributed by atoms with van der Waals surface area (Å²) in [5, 5.41) is 5.20. The maximum Gasteiger partial charge on any atom is 0.326 e. The van der Waals surface area contributed by atoms with E-state index in [1.165, 1.54) is 0 Å². The molecule has 2 aromatic rings.